The maximum Gasteiger partial charge on any atom is 0.251 e. The molecule has 1 fully saturated rings. The zero-order chi connectivity index (χ0) is 17.4. The van der Waals surface area contributed by atoms with Crippen LogP contribution in [0.25, 0.3) is 0 Å². The van der Waals surface area contributed by atoms with Gasteiger partial charge in [0.1, 0.15) is 5.82 Å². The smallest absolute Gasteiger partial charge is 0.251 e. The molecule has 1 saturated carbocycles. The molecule has 5 nitrogen and oxygen atoms in total. The van der Waals surface area contributed by atoms with Crippen molar-refractivity contribution in [1.82, 2.24) is 10.6 Å². The molecule has 1 aliphatic rings. The number of carbonyl (C=O) groups is 2. The molecule has 0 bridgehead atoms. The fourth-order valence-corrected chi connectivity index (χ4v) is 3.15. The number of nitrogens with one attached hydrogen (secondary N) is 2. The zero-order valence-corrected chi connectivity index (χ0v) is 13.8. The number of rotatable bonds is 7. The van der Waals surface area contributed by atoms with Crippen LogP contribution in [0.2, 0.25) is 0 Å². The Balaban J connectivity index is 1.74. The molecule has 6 heteroatoms. The van der Waals surface area contributed by atoms with Crippen LogP contribution in [0.4, 0.5) is 4.39 Å². The molecular formula is C18H25FN2O3. The first-order valence-corrected chi connectivity index (χ1v) is 8.52. The fraction of sp³-hybridized carbons (Fsp3) is 0.556. The molecule has 24 heavy (non-hydrogen) atoms. The van der Waals surface area contributed by atoms with Crippen molar-refractivity contribution in [2.45, 2.75) is 44.6 Å². The Morgan fingerprint density at radius 2 is 1.83 bits per heavy atom. The standard InChI is InChI=1S/C18H25FN2O3/c19-15-8-6-14(7-9-15)18(24)20-11-17(23)21-16(12-22)10-13-4-2-1-3-5-13/h6-9,13,16,22H,1-5,10-12H2,(H,20,24)(H,21,23). The maximum absolute atomic E-state index is 12.8. The molecule has 1 unspecified atom stereocenters. The number of aliphatic hydroxyl groups excluding tert-OH is 1. The zero-order valence-electron chi connectivity index (χ0n) is 13.8. The van der Waals surface area contributed by atoms with Gasteiger partial charge in [-0.15, -0.1) is 0 Å². The third kappa shape index (κ3) is 5.92. The van der Waals surface area contributed by atoms with Crippen LogP contribution in [0, 0.1) is 11.7 Å². The van der Waals surface area contributed by atoms with Crippen molar-refractivity contribution < 1.29 is 19.1 Å². The molecule has 1 aliphatic carbocycles. The Morgan fingerprint density at radius 3 is 2.46 bits per heavy atom. The van der Waals surface area contributed by atoms with Gasteiger partial charge in [-0.3, -0.25) is 9.59 Å². The molecule has 132 valence electrons. The second kappa shape index (κ2) is 9.37. The van der Waals surface area contributed by atoms with Crippen LogP contribution in [-0.4, -0.2) is 36.1 Å². The second-order valence-electron chi connectivity index (χ2n) is 6.38. The molecule has 0 aliphatic heterocycles. The largest absolute Gasteiger partial charge is 0.394 e. The van der Waals surface area contributed by atoms with Gasteiger partial charge < -0.3 is 15.7 Å². The van der Waals surface area contributed by atoms with E-state index in [1.807, 2.05) is 0 Å². The number of aliphatic hydroxyl groups is 1. The van der Waals surface area contributed by atoms with Gasteiger partial charge in [-0.05, 0) is 36.6 Å². The number of halogens is 1. The van der Waals surface area contributed by atoms with Crippen molar-refractivity contribution in [3.8, 4) is 0 Å². The Bertz CT molecular complexity index is 542. The Morgan fingerprint density at radius 1 is 1.17 bits per heavy atom. The van der Waals surface area contributed by atoms with Crippen molar-refractivity contribution in [3.05, 3.63) is 35.6 Å². The van der Waals surface area contributed by atoms with Crippen molar-refractivity contribution in [2.75, 3.05) is 13.2 Å². The predicted molar refractivity (Wildman–Crippen MR) is 88.9 cm³/mol. The highest BCUT2D eigenvalue weighted by Gasteiger charge is 2.20. The fourth-order valence-electron chi connectivity index (χ4n) is 3.15. The molecule has 0 aromatic heterocycles. The van der Waals surface area contributed by atoms with Crippen molar-refractivity contribution in [2.24, 2.45) is 5.92 Å². The molecule has 1 atom stereocenters. The minimum absolute atomic E-state index is 0.103. The van der Waals surface area contributed by atoms with Gasteiger partial charge in [-0.2, -0.15) is 0 Å². The summed E-state index contributed by atoms with van der Waals surface area (Å²) < 4.78 is 12.8. The van der Waals surface area contributed by atoms with Gasteiger partial charge >= 0.3 is 0 Å². The molecule has 2 rings (SSSR count). The second-order valence-corrected chi connectivity index (χ2v) is 6.38. The molecule has 0 heterocycles. The minimum atomic E-state index is -0.432. The van der Waals surface area contributed by atoms with Crippen LogP contribution < -0.4 is 10.6 Å². The van der Waals surface area contributed by atoms with Gasteiger partial charge in [-0.25, -0.2) is 4.39 Å². The first-order chi connectivity index (χ1) is 11.6. The summed E-state index contributed by atoms with van der Waals surface area (Å²) in [7, 11) is 0. The number of hydrogen-bond donors (Lipinski definition) is 3. The van der Waals surface area contributed by atoms with Crippen molar-refractivity contribution >= 4 is 11.8 Å². The summed E-state index contributed by atoms with van der Waals surface area (Å²) in [5.74, 6) is -0.638. The van der Waals surface area contributed by atoms with E-state index in [1.165, 1.54) is 43.5 Å². The highest BCUT2D eigenvalue weighted by Crippen LogP contribution is 2.27. The van der Waals surface area contributed by atoms with Crippen LogP contribution in [-0.2, 0) is 4.79 Å². The van der Waals surface area contributed by atoms with E-state index in [2.05, 4.69) is 10.6 Å². The normalized spacial score (nSPS) is 16.4. The lowest BCUT2D eigenvalue weighted by atomic mass is 9.85. The number of hydrogen-bond acceptors (Lipinski definition) is 3. The van der Waals surface area contributed by atoms with Gasteiger partial charge in [0.05, 0.1) is 19.2 Å². The van der Waals surface area contributed by atoms with Gasteiger partial charge in [0, 0.05) is 5.56 Å². The lowest BCUT2D eigenvalue weighted by Gasteiger charge is -2.26. The van der Waals surface area contributed by atoms with Crippen LogP contribution in [0.15, 0.2) is 24.3 Å². The lowest BCUT2D eigenvalue weighted by molar-refractivity contribution is -0.121. The van der Waals surface area contributed by atoms with E-state index in [1.54, 1.807) is 0 Å². The Labute approximate surface area is 141 Å². The summed E-state index contributed by atoms with van der Waals surface area (Å²) in [5, 5.41) is 14.7. The summed E-state index contributed by atoms with van der Waals surface area (Å²) in [5.41, 5.74) is 0.296. The first kappa shape index (κ1) is 18.4. The monoisotopic (exact) mass is 336 g/mol. The van der Waals surface area contributed by atoms with E-state index in [9.17, 15) is 19.1 Å². The predicted octanol–water partition coefficient (Wildman–Crippen LogP) is 2.00. The van der Waals surface area contributed by atoms with Gasteiger partial charge in [0.2, 0.25) is 5.91 Å². The summed E-state index contributed by atoms with van der Waals surface area (Å²) in [6, 6.07) is 4.84. The van der Waals surface area contributed by atoms with E-state index in [0.29, 0.717) is 11.5 Å². The van der Waals surface area contributed by atoms with Crippen molar-refractivity contribution in [3.63, 3.8) is 0 Å². The summed E-state index contributed by atoms with van der Waals surface area (Å²) in [4.78, 5) is 23.8. The van der Waals surface area contributed by atoms with E-state index in [-0.39, 0.29) is 25.1 Å². The third-order valence-electron chi connectivity index (χ3n) is 4.44. The lowest BCUT2D eigenvalue weighted by Crippen LogP contribution is -2.44. The summed E-state index contributed by atoms with van der Waals surface area (Å²) in [6.45, 7) is -0.272. The average Bonchev–Trinajstić information content (AvgIpc) is 2.60. The SMILES string of the molecule is O=C(CNC(=O)c1ccc(F)cc1)NC(CO)CC1CCCCC1. The number of amides is 2. The maximum atomic E-state index is 12.8. The molecule has 3 N–H and O–H groups in total. The van der Waals surface area contributed by atoms with E-state index >= 15 is 0 Å². The topological polar surface area (TPSA) is 78.4 Å². The number of benzene rings is 1. The van der Waals surface area contributed by atoms with E-state index in [4.69, 9.17) is 0 Å². The highest BCUT2D eigenvalue weighted by atomic mass is 19.1. The van der Waals surface area contributed by atoms with Crippen LogP contribution >= 0.6 is 0 Å². The van der Waals surface area contributed by atoms with Crippen LogP contribution in [0.5, 0.6) is 0 Å². The van der Waals surface area contributed by atoms with Crippen LogP contribution in [0.1, 0.15) is 48.9 Å². The van der Waals surface area contributed by atoms with Gasteiger partial charge in [0.15, 0.2) is 0 Å². The molecular weight excluding hydrogens is 311 g/mol. The quantitative estimate of drug-likeness (QED) is 0.713. The first-order valence-electron chi connectivity index (χ1n) is 8.52. The highest BCUT2D eigenvalue weighted by molar-refractivity contribution is 5.96. The molecule has 1 aromatic rings. The Kier molecular flexibility index (Phi) is 7.18. The average molecular weight is 336 g/mol. The Hall–Kier alpha value is -1.95. The van der Waals surface area contributed by atoms with Gasteiger partial charge in [0.25, 0.3) is 5.91 Å². The molecule has 0 spiro atoms. The summed E-state index contributed by atoms with van der Waals surface area (Å²) in [6.07, 6.45) is 6.76. The van der Waals surface area contributed by atoms with Crippen molar-refractivity contribution in [1.29, 1.82) is 0 Å². The number of carbonyl (C=O) groups excluding carboxylic acids is 2. The summed E-state index contributed by atoms with van der Waals surface area (Å²) >= 11 is 0. The van der Waals surface area contributed by atoms with E-state index < -0.39 is 11.7 Å². The minimum Gasteiger partial charge on any atom is -0.394 e. The molecule has 1 aromatic carbocycles. The molecule has 0 radical (unpaired) electrons. The molecule has 0 saturated heterocycles. The van der Waals surface area contributed by atoms with Crippen LogP contribution in [0.3, 0.4) is 0 Å². The molecule has 2 amide bonds. The third-order valence-corrected chi connectivity index (χ3v) is 4.44. The van der Waals surface area contributed by atoms with E-state index in [0.717, 1.165) is 19.3 Å². The van der Waals surface area contributed by atoms with Gasteiger partial charge in [-0.1, -0.05) is 32.1 Å².